The van der Waals surface area contributed by atoms with E-state index in [4.69, 9.17) is 4.74 Å². The molecule has 5 nitrogen and oxygen atoms in total. The third-order valence-electron chi connectivity index (χ3n) is 2.62. The fraction of sp³-hybridized carbons (Fsp3) is 0.429. The van der Waals surface area contributed by atoms with Crippen molar-refractivity contribution in [2.24, 2.45) is 0 Å². The molecule has 0 aliphatic rings. The number of para-hydroxylation sites is 1. The number of aromatic hydroxyl groups is 1. The van der Waals surface area contributed by atoms with E-state index in [0.717, 1.165) is 0 Å². The van der Waals surface area contributed by atoms with Crippen LogP contribution in [0.4, 0.5) is 0 Å². The van der Waals surface area contributed by atoms with Crippen molar-refractivity contribution in [3.05, 3.63) is 29.8 Å². The van der Waals surface area contributed by atoms with E-state index in [1.807, 2.05) is 0 Å². The quantitative estimate of drug-likeness (QED) is 0.824. The number of amides is 1. The average molecular weight is 265 g/mol. The van der Waals surface area contributed by atoms with E-state index < -0.39 is 5.97 Å². The highest BCUT2D eigenvalue weighted by Gasteiger charge is 2.23. The second kappa shape index (κ2) is 6.78. The molecule has 0 bridgehead atoms. The number of hydrogen-bond acceptors (Lipinski definition) is 4. The smallest absolute Gasteiger partial charge is 0.325 e. The summed E-state index contributed by atoms with van der Waals surface area (Å²) in [6.07, 6.45) is 0. The Kier molecular flexibility index (Phi) is 5.36. The molecule has 19 heavy (non-hydrogen) atoms. The highest BCUT2D eigenvalue weighted by atomic mass is 16.5. The molecule has 0 atom stereocenters. The van der Waals surface area contributed by atoms with Gasteiger partial charge in [0.15, 0.2) is 0 Å². The number of nitrogens with zero attached hydrogens (tertiary/aromatic N) is 1. The van der Waals surface area contributed by atoms with E-state index >= 15 is 0 Å². The zero-order valence-electron chi connectivity index (χ0n) is 11.4. The molecule has 0 aliphatic carbocycles. The number of carbonyl (C=O) groups is 2. The van der Waals surface area contributed by atoms with Crippen LogP contribution < -0.4 is 0 Å². The molecule has 0 saturated carbocycles. The zero-order chi connectivity index (χ0) is 14.4. The van der Waals surface area contributed by atoms with Gasteiger partial charge in [-0.1, -0.05) is 12.1 Å². The molecule has 0 fully saturated rings. The first kappa shape index (κ1) is 15.0. The Hall–Kier alpha value is -2.04. The lowest BCUT2D eigenvalue weighted by Gasteiger charge is -2.26. The van der Waals surface area contributed by atoms with Gasteiger partial charge < -0.3 is 14.7 Å². The maximum absolute atomic E-state index is 12.3. The van der Waals surface area contributed by atoms with Crippen LogP contribution in [0, 0.1) is 0 Å². The van der Waals surface area contributed by atoms with Gasteiger partial charge in [-0.15, -0.1) is 0 Å². The SMILES string of the molecule is CCOC(=O)CN(C(=O)c1ccccc1O)C(C)C. The third kappa shape index (κ3) is 3.98. The van der Waals surface area contributed by atoms with Gasteiger partial charge in [0.25, 0.3) is 5.91 Å². The van der Waals surface area contributed by atoms with Gasteiger partial charge in [-0.05, 0) is 32.9 Å². The minimum Gasteiger partial charge on any atom is -0.507 e. The maximum Gasteiger partial charge on any atom is 0.325 e. The third-order valence-corrected chi connectivity index (χ3v) is 2.62. The van der Waals surface area contributed by atoms with Crippen LogP contribution in [0.15, 0.2) is 24.3 Å². The van der Waals surface area contributed by atoms with Crippen molar-refractivity contribution in [2.45, 2.75) is 26.8 Å². The molecule has 1 aromatic carbocycles. The summed E-state index contributed by atoms with van der Waals surface area (Å²) in [6.45, 7) is 5.46. The van der Waals surface area contributed by atoms with Crippen molar-refractivity contribution in [2.75, 3.05) is 13.2 Å². The molecule has 1 amide bonds. The molecule has 0 spiro atoms. The molecule has 0 aromatic heterocycles. The second-order valence-electron chi connectivity index (χ2n) is 4.35. The molecule has 0 saturated heterocycles. The lowest BCUT2D eigenvalue weighted by Crippen LogP contribution is -2.41. The summed E-state index contributed by atoms with van der Waals surface area (Å²) in [7, 11) is 0. The lowest BCUT2D eigenvalue weighted by atomic mass is 10.1. The van der Waals surface area contributed by atoms with Gasteiger partial charge in [0.2, 0.25) is 0 Å². The van der Waals surface area contributed by atoms with Crippen molar-refractivity contribution in [3.8, 4) is 5.75 Å². The van der Waals surface area contributed by atoms with E-state index in [1.54, 1.807) is 32.9 Å². The normalized spacial score (nSPS) is 10.3. The fourth-order valence-electron chi connectivity index (χ4n) is 1.64. The Bertz CT molecular complexity index is 457. The van der Waals surface area contributed by atoms with Crippen LogP contribution in [0.1, 0.15) is 31.1 Å². The molecule has 1 N–H and O–H groups in total. The highest BCUT2D eigenvalue weighted by molar-refractivity contribution is 5.98. The zero-order valence-corrected chi connectivity index (χ0v) is 11.4. The van der Waals surface area contributed by atoms with Gasteiger partial charge in [-0.2, -0.15) is 0 Å². The standard InChI is InChI=1S/C14H19NO4/c1-4-19-13(17)9-15(10(2)3)14(18)11-7-5-6-8-12(11)16/h5-8,10,16H,4,9H2,1-3H3. The first-order valence-corrected chi connectivity index (χ1v) is 6.22. The van der Waals surface area contributed by atoms with Crippen LogP contribution in [0.5, 0.6) is 5.75 Å². The first-order valence-electron chi connectivity index (χ1n) is 6.22. The van der Waals surface area contributed by atoms with Crippen molar-refractivity contribution in [1.82, 2.24) is 4.90 Å². The Balaban J connectivity index is 2.91. The number of esters is 1. The summed E-state index contributed by atoms with van der Waals surface area (Å²) < 4.78 is 4.84. The Morgan fingerprint density at radius 1 is 1.32 bits per heavy atom. The summed E-state index contributed by atoms with van der Waals surface area (Å²) in [4.78, 5) is 25.2. The van der Waals surface area contributed by atoms with Gasteiger partial charge in [-0.25, -0.2) is 0 Å². The molecular formula is C14H19NO4. The molecule has 0 aliphatic heterocycles. The van der Waals surface area contributed by atoms with Crippen LogP contribution >= 0.6 is 0 Å². The number of phenolic OH excluding ortho intramolecular Hbond substituents is 1. The summed E-state index contributed by atoms with van der Waals surface area (Å²) in [6, 6.07) is 6.10. The Morgan fingerprint density at radius 3 is 2.47 bits per heavy atom. The van der Waals surface area contributed by atoms with Crippen molar-refractivity contribution in [1.29, 1.82) is 0 Å². The van der Waals surface area contributed by atoms with Gasteiger partial charge in [-0.3, -0.25) is 9.59 Å². The van der Waals surface area contributed by atoms with Crippen LogP contribution in [-0.2, 0) is 9.53 Å². The molecule has 0 heterocycles. The second-order valence-corrected chi connectivity index (χ2v) is 4.35. The summed E-state index contributed by atoms with van der Waals surface area (Å²) >= 11 is 0. The van der Waals surface area contributed by atoms with E-state index in [1.165, 1.54) is 17.0 Å². The van der Waals surface area contributed by atoms with Crippen LogP contribution in [0.2, 0.25) is 0 Å². The highest BCUT2D eigenvalue weighted by Crippen LogP contribution is 2.19. The summed E-state index contributed by atoms with van der Waals surface area (Å²) in [5, 5.41) is 9.69. The number of carbonyl (C=O) groups excluding carboxylic acids is 2. The molecule has 0 unspecified atom stereocenters. The number of rotatable bonds is 5. The predicted molar refractivity (Wildman–Crippen MR) is 70.9 cm³/mol. The maximum atomic E-state index is 12.3. The van der Waals surface area contributed by atoms with Crippen molar-refractivity contribution >= 4 is 11.9 Å². The van der Waals surface area contributed by atoms with E-state index in [0.29, 0.717) is 0 Å². The topological polar surface area (TPSA) is 66.8 Å². The lowest BCUT2D eigenvalue weighted by molar-refractivity contribution is -0.144. The summed E-state index contributed by atoms with van der Waals surface area (Å²) in [5.41, 5.74) is 0.181. The fourth-order valence-corrected chi connectivity index (χ4v) is 1.64. The van der Waals surface area contributed by atoms with Crippen molar-refractivity contribution in [3.63, 3.8) is 0 Å². The monoisotopic (exact) mass is 265 g/mol. The largest absolute Gasteiger partial charge is 0.507 e. The Morgan fingerprint density at radius 2 is 1.95 bits per heavy atom. The molecule has 1 aromatic rings. The molecule has 0 radical (unpaired) electrons. The van der Waals surface area contributed by atoms with Gasteiger partial charge in [0.1, 0.15) is 12.3 Å². The van der Waals surface area contributed by atoms with E-state index in [9.17, 15) is 14.7 Å². The van der Waals surface area contributed by atoms with Crippen LogP contribution in [-0.4, -0.2) is 41.1 Å². The van der Waals surface area contributed by atoms with E-state index in [2.05, 4.69) is 0 Å². The van der Waals surface area contributed by atoms with Crippen molar-refractivity contribution < 1.29 is 19.4 Å². The number of benzene rings is 1. The van der Waals surface area contributed by atoms with Crippen LogP contribution in [0.25, 0.3) is 0 Å². The van der Waals surface area contributed by atoms with Crippen LogP contribution in [0.3, 0.4) is 0 Å². The van der Waals surface area contributed by atoms with Gasteiger partial charge in [0.05, 0.1) is 12.2 Å². The number of hydrogen-bond donors (Lipinski definition) is 1. The molecule has 5 heteroatoms. The van der Waals surface area contributed by atoms with Gasteiger partial charge >= 0.3 is 5.97 Å². The Labute approximate surface area is 112 Å². The first-order chi connectivity index (χ1) is 8.97. The predicted octanol–water partition coefficient (Wildman–Crippen LogP) is 1.81. The molecular weight excluding hydrogens is 246 g/mol. The minimum absolute atomic E-state index is 0.0954. The summed E-state index contributed by atoms with van der Waals surface area (Å²) in [5.74, 6) is -0.942. The number of ether oxygens (including phenoxy) is 1. The molecule has 104 valence electrons. The average Bonchev–Trinajstić information content (AvgIpc) is 2.36. The van der Waals surface area contributed by atoms with E-state index in [-0.39, 0.29) is 36.4 Å². The minimum atomic E-state index is -0.458. The van der Waals surface area contributed by atoms with Gasteiger partial charge in [0, 0.05) is 6.04 Å². The number of phenols is 1. The molecule has 1 rings (SSSR count).